The first-order valence-corrected chi connectivity index (χ1v) is 11.8. The molecular weight excluding hydrogens is 477 g/mol. The molecule has 0 aromatic carbocycles. The molecule has 0 aliphatic rings. The maximum Gasteiger partial charge on any atom is 0.475 e. The van der Waals surface area contributed by atoms with Crippen molar-refractivity contribution in [1.29, 1.82) is 0 Å². The summed E-state index contributed by atoms with van der Waals surface area (Å²) in [6.07, 6.45) is 3.23. The third-order valence-corrected chi connectivity index (χ3v) is 5.59. The maximum absolute atomic E-state index is 12.6. The summed E-state index contributed by atoms with van der Waals surface area (Å²) in [5.41, 5.74) is 2.74. The first-order chi connectivity index (χ1) is 17.8. The van der Waals surface area contributed by atoms with Crippen LogP contribution in [0.1, 0.15) is 46.7 Å². The molecule has 0 aliphatic heterocycles. The number of carboxylic acid groups (broad SMARTS) is 1. The van der Waals surface area contributed by atoms with Gasteiger partial charge in [0.25, 0.3) is 5.91 Å². The number of amides is 1. The van der Waals surface area contributed by atoms with Gasteiger partial charge in [-0.3, -0.25) is 29.4 Å². The highest BCUT2D eigenvalue weighted by Gasteiger charge is 2.27. The van der Waals surface area contributed by atoms with Crippen LogP contribution in [0.15, 0.2) is 67.1 Å². The second-order valence-electron chi connectivity index (χ2n) is 8.65. The summed E-state index contributed by atoms with van der Waals surface area (Å²) >= 11 is 0. The number of aliphatic hydroxyl groups is 1. The Morgan fingerprint density at radius 1 is 0.865 bits per heavy atom. The van der Waals surface area contributed by atoms with Gasteiger partial charge in [-0.2, -0.15) is 0 Å². The molecule has 1 amide bonds. The highest BCUT2D eigenvalue weighted by Crippen LogP contribution is 2.12. The van der Waals surface area contributed by atoms with E-state index in [2.05, 4.69) is 25.2 Å². The van der Waals surface area contributed by atoms with Crippen LogP contribution >= 0.6 is 0 Å². The van der Waals surface area contributed by atoms with Crippen molar-refractivity contribution in [3.05, 3.63) is 89.8 Å². The number of aromatic nitrogens is 3. The molecule has 0 aliphatic carbocycles. The van der Waals surface area contributed by atoms with E-state index < -0.39 is 37.5 Å². The van der Waals surface area contributed by atoms with Gasteiger partial charge in [0.2, 0.25) is 0 Å². The number of pyridine rings is 3. The zero-order chi connectivity index (χ0) is 26.6. The predicted molar refractivity (Wildman–Crippen MR) is 135 cm³/mol. The van der Waals surface area contributed by atoms with Crippen LogP contribution in [0.4, 0.5) is 0 Å². The van der Waals surface area contributed by atoms with E-state index in [1.807, 2.05) is 36.4 Å². The predicted octanol–water partition coefficient (Wildman–Crippen LogP) is 0.800. The molecule has 194 valence electrons. The van der Waals surface area contributed by atoms with Crippen molar-refractivity contribution in [1.82, 2.24) is 25.2 Å². The van der Waals surface area contributed by atoms with E-state index in [-0.39, 0.29) is 18.4 Å². The van der Waals surface area contributed by atoms with Crippen molar-refractivity contribution in [2.45, 2.75) is 50.9 Å². The number of hydrogen-bond donors (Lipinski definition) is 5. The Balaban J connectivity index is 1.62. The van der Waals surface area contributed by atoms with Crippen molar-refractivity contribution >= 4 is 19.0 Å². The smallest absolute Gasteiger partial charge is 0.475 e. The van der Waals surface area contributed by atoms with Crippen molar-refractivity contribution in [2.24, 2.45) is 0 Å². The zero-order valence-corrected chi connectivity index (χ0v) is 20.2. The fraction of sp³-hybridized carbons (Fsp3) is 0.320. The molecule has 3 heterocycles. The molecule has 11 nitrogen and oxygen atoms in total. The summed E-state index contributed by atoms with van der Waals surface area (Å²) < 4.78 is 0. The van der Waals surface area contributed by atoms with E-state index in [9.17, 15) is 24.7 Å². The summed E-state index contributed by atoms with van der Waals surface area (Å²) in [4.78, 5) is 38.7. The molecule has 12 heteroatoms. The number of rotatable bonds is 14. The summed E-state index contributed by atoms with van der Waals surface area (Å²) in [6, 6.07) is 14.8. The minimum absolute atomic E-state index is 0.0145. The van der Waals surface area contributed by atoms with Crippen LogP contribution in [0.2, 0.25) is 0 Å². The van der Waals surface area contributed by atoms with Crippen molar-refractivity contribution in [3.8, 4) is 0 Å². The molecule has 0 bridgehead atoms. The monoisotopic (exact) mass is 507 g/mol. The van der Waals surface area contributed by atoms with Gasteiger partial charge in [0.05, 0.1) is 41.1 Å². The van der Waals surface area contributed by atoms with E-state index in [0.29, 0.717) is 19.6 Å². The Hall–Kier alpha value is -3.71. The van der Waals surface area contributed by atoms with Crippen LogP contribution < -0.4 is 5.32 Å². The van der Waals surface area contributed by atoms with Gasteiger partial charge in [-0.25, -0.2) is 0 Å². The van der Waals surface area contributed by atoms with Gasteiger partial charge in [0.15, 0.2) is 0 Å². The molecule has 5 N–H and O–H groups in total. The summed E-state index contributed by atoms with van der Waals surface area (Å²) in [5, 5.41) is 40.1. The fourth-order valence-electron chi connectivity index (χ4n) is 3.71. The highest BCUT2D eigenvalue weighted by molar-refractivity contribution is 6.43. The third-order valence-electron chi connectivity index (χ3n) is 5.59. The summed E-state index contributed by atoms with van der Waals surface area (Å²) in [7, 11) is -1.88. The lowest BCUT2D eigenvalue weighted by Gasteiger charge is -2.21. The number of aliphatic carboxylic acids is 1. The molecule has 0 saturated heterocycles. The van der Waals surface area contributed by atoms with Crippen molar-refractivity contribution < 1.29 is 29.9 Å². The number of aliphatic hydroxyl groups excluding tert-OH is 1. The van der Waals surface area contributed by atoms with E-state index in [0.717, 1.165) is 17.1 Å². The van der Waals surface area contributed by atoms with Gasteiger partial charge in [0, 0.05) is 38.2 Å². The van der Waals surface area contributed by atoms with Gasteiger partial charge in [-0.1, -0.05) is 12.1 Å². The van der Waals surface area contributed by atoms with E-state index in [4.69, 9.17) is 5.11 Å². The summed E-state index contributed by atoms with van der Waals surface area (Å²) in [5.74, 6) is -2.81. The lowest BCUT2D eigenvalue weighted by atomic mass is 9.76. The first kappa shape index (κ1) is 27.9. The highest BCUT2D eigenvalue weighted by atomic mass is 16.4. The normalized spacial score (nSPS) is 12.6. The van der Waals surface area contributed by atoms with Gasteiger partial charge in [-0.05, 0) is 49.2 Å². The molecule has 3 aromatic rings. The molecule has 0 spiro atoms. The van der Waals surface area contributed by atoms with Crippen LogP contribution in [-0.2, 0) is 24.4 Å². The number of carbonyl (C=O) groups is 2. The molecule has 0 fully saturated rings. The van der Waals surface area contributed by atoms with Crippen LogP contribution in [0.25, 0.3) is 0 Å². The molecule has 3 rings (SSSR count). The first-order valence-electron chi connectivity index (χ1n) is 11.8. The van der Waals surface area contributed by atoms with Crippen LogP contribution in [-0.4, -0.2) is 71.2 Å². The minimum Gasteiger partial charge on any atom is -0.481 e. The van der Waals surface area contributed by atoms with Crippen molar-refractivity contribution in [2.75, 3.05) is 0 Å². The van der Waals surface area contributed by atoms with E-state index in [1.165, 1.54) is 6.20 Å². The molecule has 0 radical (unpaired) electrons. The summed E-state index contributed by atoms with van der Waals surface area (Å²) in [6.45, 7) is 1.63. The number of carbonyl (C=O) groups excluding carboxylic acids is 1. The maximum atomic E-state index is 12.6. The Morgan fingerprint density at radius 3 is 1.92 bits per heavy atom. The van der Waals surface area contributed by atoms with Gasteiger partial charge in [0.1, 0.15) is 0 Å². The van der Waals surface area contributed by atoms with Gasteiger partial charge in [-0.15, -0.1) is 0 Å². The Bertz CT molecular complexity index is 1080. The molecule has 3 aromatic heterocycles. The number of hydrogen-bond acceptors (Lipinski definition) is 9. The molecule has 0 unspecified atom stereocenters. The number of nitrogens with one attached hydrogen (secondary N) is 1. The second kappa shape index (κ2) is 14.1. The van der Waals surface area contributed by atoms with Crippen LogP contribution in [0, 0.1) is 0 Å². The van der Waals surface area contributed by atoms with Gasteiger partial charge < -0.3 is 25.6 Å². The number of nitrogens with zero attached hydrogens (tertiary/aromatic N) is 4. The quantitative estimate of drug-likeness (QED) is 0.197. The molecular formula is C25H30BN5O6. The Morgan fingerprint density at radius 2 is 1.46 bits per heavy atom. The molecule has 37 heavy (non-hydrogen) atoms. The standard InChI is InChI=1S/C25H30BN5O6/c32-22(13-24(33)34)9-10-23(26(36)37)30-25(35)18-7-8-21(29-14-18)17-31(15-19-5-1-3-11-27-19)16-20-6-2-4-12-28-20/h1-8,11-12,14,22-23,32,36-37H,9-10,13,15-17H2,(H,30,35)(H,33,34)/t22-,23+/m1/s1. The van der Waals surface area contributed by atoms with E-state index in [1.54, 1.807) is 24.5 Å². The molecule has 2 atom stereocenters. The van der Waals surface area contributed by atoms with Gasteiger partial charge >= 0.3 is 13.1 Å². The fourth-order valence-corrected chi connectivity index (χ4v) is 3.71. The molecule has 0 saturated carbocycles. The Labute approximate surface area is 215 Å². The topological polar surface area (TPSA) is 169 Å². The van der Waals surface area contributed by atoms with Crippen LogP contribution in [0.3, 0.4) is 0 Å². The average Bonchev–Trinajstić information content (AvgIpc) is 2.87. The third kappa shape index (κ3) is 9.69. The second-order valence-corrected chi connectivity index (χ2v) is 8.65. The average molecular weight is 507 g/mol. The van der Waals surface area contributed by atoms with E-state index >= 15 is 0 Å². The lowest BCUT2D eigenvalue weighted by Crippen LogP contribution is -2.46. The minimum atomic E-state index is -1.88. The van der Waals surface area contributed by atoms with Crippen molar-refractivity contribution in [3.63, 3.8) is 0 Å². The SMILES string of the molecule is O=C(O)C[C@H](O)CC[C@H](NC(=O)c1ccc(CN(Cc2ccccn2)Cc2ccccn2)nc1)B(O)O. The number of carboxylic acids is 1. The largest absolute Gasteiger partial charge is 0.481 e. The Kier molecular flexibility index (Phi) is 10.7. The zero-order valence-electron chi connectivity index (χ0n) is 20.2. The lowest BCUT2D eigenvalue weighted by molar-refractivity contribution is -0.139. The van der Waals surface area contributed by atoms with Crippen LogP contribution in [0.5, 0.6) is 0 Å².